The van der Waals surface area contributed by atoms with E-state index in [1.165, 1.54) is 4.31 Å². The fourth-order valence-electron chi connectivity index (χ4n) is 3.17. The molecule has 1 fully saturated rings. The maximum atomic E-state index is 12.7. The zero-order valence-corrected chi connectivity index (χ0v) is 16.7. The van der Waals surface area contributed by atoms with Crippen molar-refractivity contribution in [3.63, 3.8) is 0 Å². The Kier molecular flexibility index (Phi) is 5.89. The normalized spacial score (nSPS) is 15.3. The summed E-state index contributed by atoms with van der Waals surface area (Å²) in [5, 5.41) is 4.34. The molecule has 1 saturated heterocycles. The number of hydrogen-bond donors (Lipinski definition) is 0. The summed E-state index contributed by atoms with van der Waals surface area (Å²) in [4.78, 5) is 4.30. The SMILES string of the molecule is O=S(=O)(c1ccc(OCCn2nccc2-c2ccncc2)cc1)N1CCOCC1. The average molecular weight is 414 g/mol. The Morgan fingerprint density at radius 2 is 1.69 bits per heavy atom. The monoisotopic (exact) mass is 414 g/mol. The third-order valence-electron chi connectivity index (χ3n) is 4.70. The topological polar surface area (TPSA) is 86.6 Å². The molecule has 152 valence electrons. The molecular formula is C20H22N4O4S. The van der Waals surface area contributed by atoms with Crippen LogP contribution >= 0.6 is 0 Å². The molecule has 1 aliphatic heterocycles. The highest BCUT2D eigenvalue weighted by Gasteiger charge is 2.26. The molecule has 8 nitrogen and oxygen atoms in total. The molecule has 3 heterocycles. The molecule has 0 radical (unpaired) electrons. The second-order valence-electron chi connectivity index (χ2n) is 6.51. The number of rotatable bonds is 7. The first-order valence-corrected chi connectivity index (χ1v) is 10.8. The second kappa shape index (κ2) is 8.73. The maximum absolute atomic E-state index is 12.7. The summed E-state index contributed by atoms with van der Waals surface area (Å²) >= 11 is 0. The van der Waals surface area contributed by atoms with E-state index in [2.05, 4.69) is 10.1 Å². The summed E-state index contributed by atoms with van der Waals surface area (Å²) in [5.41, 5.74) is 2.03. The lowest BCUT2D eigenvalue weighted by molar-refractivity contribution is 0.0730. The predicted octanol–water partition coefficient (Wildman–Crippen LogP) is 2.04. The van der Waals surface area contributed by atoms with Gasteiger partial charge in [0.2, 0.25) is 10.0 Å². The van der Waals surface area contributed by atoms with Crippen molar-refractivity contribution >= 4 is 10.0 Å². The highest BCUT2D eigenvalue weighted by molar-refractivity contribution is 7.89. The van der Waals surface area contributed by atoms with Gasteiger partial charge in [0.05, 0.1) is 30.3 Å². The smallest absolute Gasteiger partial charge is 0.243 e. The van der Waals surface area contributed by atoms with Gasteiger partial charge in [0.25, 0.3) is 0 Å². The van der Waals surface area contributed by atoms with Crippen molar-refractivity contribution < 1.29 is 17.9 Å². The van der Waals surface area contributed by atoms with Crippen molar-refractivity contribution in [3.8, 4) is 17.0 Å². The van der Waals surface area contributed by atoms with Gasteiger partial charge in [-0.25, -0.2) is 8.42 Å². The maximum Gasteiger partial charge on any atom is 0.243 e. The number of ether oxygens (including phenoxy) is 2. The van der Waals surface area contributed by atoms with Crippen LogP contribution in [0.2, 0.25) is 0 Å². The van der Waals surface area contributed by atoms with Gasteiger partial charge >= 0.3 is 0 Å². The van der Waals surface area contributed by atoms with E-state index < -0.39 is 10.0 Å². The van der Waals surface area contributed by atoms with Crippen molar-refractivity contribution in [1.29, 1.82) is 0 Å². The molecule has 0 aliphatic carbocycles. The van der Waals surface area contributed by atoms with Crippen LogP contribution < -0.4 is 4.74 Å². The van der Waals surface area contributed by atoms with E-state index in [1.807, 2.05) is 22.9 Å². The first-order valence-electron chi connectivity index (χ1n) is 9.37. The van der Waals surface area contributed by atoms with Gasteiger partial charge in [-0.1, -0.05) is 0 Å². The third-order valence-corrected chi connectivity index (χ3v) is 6.61. The van der Waals surface area contributed by atoms with Crippen LogP contribution in [0.25, 0.3) is 11.3 Å². The standard InChI is InChI=1S/C20H22N4O4S/c25-29(26,23-11-14-27-15-12-23)19-3-1-18(2-4-19)28-16-13-24-20(7-10-22-24)17-5-8-21-9-6-17/h1-10H,11-16H2. The van der Waals surface area contributed by atoms with Gasteiger partial charge in [-0.3, -0.25) is 9.67 Å². The van der Waals surface area contributed by atoms with Gasteiger partial charge in [-0.05, 0) is 42.5 Å². The molecule has 29 heavy (non-hydrogen) atoms. The van der Waals surface area contributed by atoms with E-state index in [4.69, 9.17) is 9.47 Å². The van der Waals surface area contributed by atoms with Crippen LogP contribution in [-0.2, 0) is 21.3 Å². The summed E-state index contributed by atoms with van der Waals surface area (Å²) in [7, 11) is -3.49. The number of morpholine rings is 1. The van der Waals surface area contributed by atoms with Crippen LogP contribution in [0.1, 0.15) is 0 Å². The van der Waals surface area contributed by atoms with Crippen LogP contribution in [0.5, 0.6) is 5.75 Å². The Morgan fingerprint density at radius 3 is 2.41 bits per heavy atom. The Hall–Kier alpha value is -2.75. The molecule has 0 unspecified atom stereocenters. The Bertz CT molecular complexity index is 1030. The molecule has 3 aromatic rings. The Balaban J connectivity index is 1.36. The molecule has 0 spiro atoms. The predicted molar refractivity (Wildman–Crippen MR) is 107 cm³/mol. The highest BCUT2D eigenvalue weighted by atomic mass is 32.2. The molecule has 9 heteroatoms. The van der Waals surface area contributed by atoms with Gasteiger partial charge < -0.3 is 9.47 Å². The van der Waals surface area contributed by atoms with Crippen LogP contribution in [0.15, 0.2) is 66.0 Å². The van der Waals surface area contributed by atoms with Crippen LogP contribution in [0.4, 0.5) is 0 Å². The lowest BCUT2D eigenvalue weighted by atomic mass is 10.2. The minimum Gasteiger partial charge on any atom is -0.492 e. The van der Waals surface area contributed by atoms with Crippen molar-refractivity contribution in [2.75, 3.05) is 32.9 Å². The number of hydrogen-bond acceptors (Lipinski definition) is 6. The fraction of sp³-hybridized carbons (Fsp3) is 0.300. The van der Waals surface area contributed by atoms with Gasteiger partial charge in [0.1, 0.15) is 12.4 Å². The number of aromatic nitrogens is 3. The van der Waals surface area contributed by atoms with E-state index in [0.717, 1.165) is 11.3 Å². The first-order chi connectivity index (χ1) is 14.1. The van der Waals surface area contributed by atoms with Crippen molar-refractivity contribution in [2.24, 2.45) is 0 Å². The van der Waals surface area contributed by atoms with E-state index >= 15 is 0 Å². The summed E-state index contributed by atoms with van der Waals surface area (Å²) in [6, 6.07) is 12.3. The molecule has 0 bridgehead atoms. The van der Waals surface area contributed by atoms with Gasteiger partial charge in [0, 0.05) is 37.2 Å². The molecule has 2 aromatic heterocycles. The number of benzene rings is 1. The zero-order chi connectivity index (χ0) is 20.1. The fourth-order valence-corrected chi connectivity index (χ4v) is 4.58. The lowest BCUT2D eigenvalue weighted by Gasteiger charge is -2.26. The van der Waals surface area contributed by atoms with E-state index in [1.54, 1.807) is 42.9 Å². The van der Waals surface area contributed by atoms with Crippen molar-refractivity contribution in [2.45, 2.75) is 11.4 Å². The number of nitrogens with zero attached hydrogens (tertiary/aromatic N) is 4. The van der Waals surface area contributed by atoms with E-state index in [0.29, 0.717) is 45.2 Å². The summed E-state index contributed by atoms with van der Waals surface area (Å²) in [6.07, 6.45) is 5.24. The molecule has 0 N–H and O–H groups in total. The third kappa shape index (κ3) is 4.47. The summed E-state index contributed by atoms with van der Waals surface area (Å²) < 4.78 is 39.6. The van der Waals surface area contributed by atoms with Crippen LogP contribution in [0, 0.1) is 0 Å². The molecule has 0 saturated carbocycles. The lowest BCUT2D eigenvalue weighted by Crippen LogP contribution is -2.40. The molecule has 0 atom stereocenters. The molecule has 1 aromatic carbocycles. The molecule has 4 rings (SSSR count). The zero-order valence-electron chi connectivity index (χ0n) is 15.8. The van der Waals surface area contributed by atoms with Gasteiger partial charge in [-0.15, -0.1) is 0 Å². The van der Waals surface area contributed by atoms with Crippen molar-refractivity contribution in [3.05, 3.63) is 61.1 Å². The second-order valence-corrected chi connectivity index (χ2v) is 8.45. The molecular weight excluding hydrogens is 392 g/mol. The molecule has 1 aliphatic rings. The van der Waals surface area contributed by atoms with Crippen molar-refractivity contribution in [1.82, 2.24) is 19.1 Å². The largest absolute Gasteiger partial charge is 0.492 e. The average Bonchev–Trinajstić information content (AvgIpc) is 3.24. The number of pyridine rings is 1. The van der Waals surface area contributed by atoms with E-state index in [-0.39, 0.29) is 4.90 Å². The Labute approximate surface area is 169 Å². The first kappa shape index (κ1) is 19.6. The van der Waals surface area contributed by atoms with E-state index in [9.17, 15) is 8.42 Å². The summed E-state index contributed by atoms with van der Waals surface area (Å²) in [5.74, 6) is 0.614. The molecule has 0 amide bonds. The minimum atomic E-state index is -3.49. The highest BCUT2D eigenvalue weighted by Crippen LogP contribution is 2.21. The minimum absolute atomic E-state index is 0.263. The Morgan fingerprint density at radius 1 is 0.966 bits per heavy atom. The van der Waals surface area contributed by atoms with Gasteiger partial charge in [-0.2, -0.15) is 9.40 Å². The summed E-state index contributed by atoms with van der Waals surface area (Å²) in [6.45, 7) is 2.59. The van der Waals surface area contributed by atoms with Crippen LogP contribution in [-0.4, -0.2) is 60.4 Å². The van der Waals surface area contributed by atoms with Crippen LogP contribution in [0.3, 0.4) is 0 Å². The quantitative estimate of drug-likeness (QED) is 0.588. The van der Waals surface area contributed by atoms with Gasteiger partial charge in [0.15, 0.2) is 0 Å². The number of sulfonamides is 1.